The Hall–Kier alpha value is -2.76. The normalized spacial score (nSPS) is 14.5. The van der Waals surface area contributed by atoms with Gasteiger partial charge in [-0.1, -0.05) is 56.3 Å². The molecule has 0 spiro atoms. The lowest BCUT2D eigenvalue weighted by atomic mass is 9.95. The first kappa shape index (κ1) is 20.5. The average molecular weight is 418 g/mol. The van der Waals surface area contributed by atoms with Crippen LogP contribution in [-0.2, 0) is 0 Å². The second-order valence-electron chi connectivity index (χ2n) is 7.78. The van der Waals surface area contributed by atoms with Crippen LogP contribution in [0.1, 0.15) is 67.0 Å². The van der Waals surface area contributed by atoms with E-state index in [1.165, 1.54) is 16.0 Å². The number of hydrogen-bond donors (Lipinski definition) is 2. The maximum Gasteiger partial charge on any atom is 0.258 e. The minimum absolute atomic E-state index is 0.0303. The maximum absolute atomic E-state index is 12.5. The molecule has 0 aliphatic rings. The highest BCUT2D eigenvalue weighted by molar-refractivity contribution is 7.10. The summed E-state index contributed by atoms with van der Waals surface area (Å²) in [6, 6.07) is 20.5. The molecule has 2 aromatic heterocycles. The molecule has 0 saturated heterocycles. The molecule has 0 aliphatic carbocycles. The molecule has 0 amide bonds. The van der Waals surface area contributed by atoms with Crippen LogP contribution in [0.25, 0.3) is 10.9 Å². The topological polar surface area (TPSA) is 57.8 Å². The van der Waals surface area contributed by atoms with Crippen LogP contribution >= 0.6 is 11.3 Å². The zero-order chi connectivity index (χ0) is 21.1. The first-order chi connectivity index (χ1) is 14.6. The summed E-state index contributed by atoms with van der Waals surface area (Å²) in [6.07, 6.45) is 1.13. The lowest BCUT2D eigenvalue weighted by molar-refractivity contribution is 0.500. The van der Waals surface area contributed by atoms with Crippen molar-refractivity contribution in [3.63, 3.8) is 0 Å². The van der Waals surface area contributed by atoms with Gasteiger partial charge in [0.05, 0.1) is 23.0 Å². The highest BCUT2D eigenvalue weighted by Crippen LogP contribution is 2.30. The van der Waals surface area contributed by atoms with Crippen molar-refractivity contribution in [2.75, 3.05) is 0 Å². The number of thiophene rings is 1. The molecule has 0 unspecified atom stereocenters. The Labute approximate surface area is 181 Å². The van der Waals surface area contributed by atoms with Crippen molar-refractivity contribution in [3.05, 3.63) is 98.2 Å². The fraction of sp³-hybridized carbons (Fsp3) is 0.280. The van der Waals surface area contributed by atoms with Gasteiger partial charge in [-0.05, 0) is 54.0 Å². The van der Waals surface area contributed by atoms with Crippen LogP contribution in [-0.4, -0.2) is 9.97 Å². The van der Waals surface area contributed by atoms with Gasteiger partial charge >= 0.3 is 0 Å². The van der Waals surface area contributed by atoms with Crippen molar-refractivity contribution >= 4 is 22.2 Å². The van der Waals surface area contributed by atoms with E-state index in [1.54, 1.807) is 17.4 Å². The van der Waals surface area contributed by atoms with Gasteiger partial charge in [-0.15, -0.1) is 11.3 Å². The molecule has 30 heavy (non-hydrogen) atoms. The number of nitrogens with zero attached hydrogens (tertiary/aromatic N) is 1. The first-order valence-corrected chi connectivity index (χ1v) is 11.3. The molecule has 0 bridgehead atoms. The summed E-state index contributed by atoms with van der Waals surface area (Å²) in [5.41, 5.74) is 3.18. The van der Waals surface area contributed by atoms with Crippen LogP contribution in [0.5, 0.6) is 0 Å². The smallest absolute Gasteiger partial charge is 0.258 e. The molecule has 2 aromatic carbocycles. The lowest BCUT2D eigenvalue weighted by Gasteiger charge is -2.23. The quantitative estimate of drug-likeness (QED) is 0.391. The molecule has 4 rings (SSSR count). The Balaban J connectivity index is 1.65. The number of H-pyrrole nitrogens is 1. The molecule has 2 N–H and O–H groups in total. The second-order valence-corrected chi connectivity index (χ2v) is 8.76. The van der Waals surface area contributed by atoms with Crippen LogP contribution in [0.2, 0.25) is 0 Å². The fourth-order valence-corrected chi connectivity index (χ4v) is 4.50. The van der Waals surface area contributed by atoms with E-state index >= 15 is 0 Å². The molecular weight excluding hydrogens is 390 g/mol. The van der Waals surface area contributed by atoms with E-state index in [2.05, 4.69) is 65.9 Å². The van der Waals surface area contributed by atoms with E-state index in [1.807, 2.05) is 25.1 Å². The number of nitrogens with one attached hydrogen (secondary N) is 2. The van der Waals surface area contributed by atoms with Gasteiger partial charge in [0, 0.05) is 4.88 Å². The van der Waals surface area contributed by atoms with E-state index in [4.69, 9.17) is 4.98 Å². The van der Waals surface area contributed by atoms with Gasteiger partial charge in [-0.3, -0.25) is 10.1 Å². The third-order valence-electron chi connectivity index (χ3n) is 5.74. The van der Waals surface area contributed by atoms with Crippen LogP contribution in [0.3, 0.4) is 0 Å². The van der Waals surface area contributed by atoms with E-state index in [9.17, 15) is 4.79 Å². The molecule has 4 nitrogen and oxygen atoms in total. The van der Waals surface area contributed by atoms with Gasteiger partial charge in [-0.25, -0.2) is 4.98 Å². The Morgan fingerprint density at radius 3 is 2.43 bits per heavy atom. The standard InChI is InChI=1S/C25H27N3OS/c1-4-16(2)18-11-13-19(14-12-18)23(22-10-7-15-30-22)26-17(3)24-27-21-9-6-5-8-20(21)25(29)28-24/h5-17,23,26H,4H2,1-3H3,(H,27,28,29)/t16-,17-,23+/m0/s1. The van der Waals surface area contributed by atoms with Crippen molar-refractivity contribution in [3.8, 4) is 0 Å². The third kappa shape index (κ3) is 4.23. The van der Waals surface area contributed by atoms with Crippen LogP contribution in [0.4, 0.5) is 0 Å². The number of aromatic nitrogens is 2. The third-order valence-corrected chi connectivity index (χ3v) is 6.67. The van der Waals surface area contributed by atoms with Crippen molar-refractivity contribution in [1.82, 2.24) is 15.3 Å². The van der Waals surface area contributed by atoms with Gasteiger partial charge in [0.25, 0.3) is 5.56 Å². The molecule has 154 valence electrons. The van der Waals surface area contributed by atoms with E-state index in [0.717, 1.165) is 11.9 Å². The van der Waals surface area contributed by atoms with E-state index in [-0.39, 0.29) is 17.6 Å². The molecule has 0 aliphatic heterocycles. The van der Waals surface area contributed by atoms with E-state index < -0.39 is 0 Å². The summed E-state index contributed by atoms with van der Waals surface area (Å²) in [7, 11) is 0. The number of para-hydroxylation sites is 1. The molecule has 2 heterocycles. The predicted molar refractivity (Wildman–Crippen MR) is 125 cm³/mol. The Morgan fingerprint density at radius 1 is 1.00 bits per heavy atom. The largest absolute Gasteiger partial charge is 0.309 e. The Morgan fingerprint density at radius 2 is 1.73 bits per heavy atom. The van der Waals surface area contributed by atoms with Crippen LogP contribution in [0.15, 0.2) is 70.8 Å². The summed E-state index contributed by atoms with van der Waals surface area (Å²) < 4.78 is 0. The Kier molecular flexibility index (Phi) is 6.11. The number of fused-ring (bicyclic) bond motifs is 1. The Bertz CT molecular complexity index is 1170. The molecule has 3 atom stereocenters. The number of aromatic amines is 1. The molecule has 0 radical (unpaired) electrons. The zero-order valence-corrected chi connectivity index (χ0v) is 18.4. The summed E-state index contributed by atoms with van der Waals surface area (Å²) >= 11 is 1.73. The van der Waals surface area contributed by atoms with Crippen molar-refractivity contribution in [2.45, 2.75) is 45.2 Å². The minimum Gasteiger partial charge on any atom is -0.309 e. The highest BCUT2D eigenvalue weighted by Gasteiger charge is 2.20. The summed E-state index contributed by atoms with van der Waals surface area (Å²) in [5, 5.41) is 6.39. The zero-order valence-electron chi connectivity index (χ0n) is 17.6. The number of hydrogen-bond acceptors (Lipinski definition) is 4. The average Bonchev–Trinajstić information content (AvgIpc) is 3.31. The van der Waals surface area contributed by atoms with Gasteiger partial charge in [0.2, 0.25) is 0 Å². The van der Waals surface area contributed by atoms with Crippen LogP contribution < -0.4 is 10.9 Å². The van der Waals surface area contributed by atoms with Gasteiger partial charge in [0.15, 0.2) is 0 Å². The lowest BCUT2D eigenvalue weighted by Crippen LogP contribution is -2.28. The monoisotopic (exact) mass is 417 g/mol. The SMILES string of the molecule is CC[C@H](C)c1ccc([C@@H](N[C@@H](C)c2nc3ccccc3c(=O)[nH]2)c2cccs2)cc1. The highest BCUT2D eigenvalue weighted by atomic mass is 32.1. The van der Waals surface area contributed by atoms with Gasteiger partial charge in [0.1, 0.15) is 5.82 Å². The summed E-state index contributed by atoms with van der Waals surface area (Å²) in [4.78, 5) is 21.4. The van der Waals surface area contributed by atoms with Crippen molar-refractivity contribution in [2.24, 2.45) is 0 Å². The van der Waals surface area contributed by atoms with Crippen molar-refractivity contribution in [1.29, 1.82) is 0 Å². The molecule has 0 saturated carbocycles. The molecule has 0 fully saturated rings. The molecule has 4 aromatic rings. The second kappa shape index (κ2) is 8.94. The fourth-order valence-electron chi connectivity index (χ4n) is 3.69. The number of benzene rings is 2. The molecule has 5 heteroatoms. The molecular formula is C25H27N3OS. The van der Waals surface area contributed by atoms with Gasteiger partial charge < -0.3 is 4.98 Å². The van der Waals surface area contributed by atoms with Gasteiger partial charge in [-0.2, -0.15) is 0 Å². The van der Waals surface area contributed by atoms with Crippen molar-refractivity contribution < 1.29 is 0 Å². The predicted octanol–water partition coefficient (Wildman–Crippen LogP) is 5.94. The summed E-state index contributed by atoms with van der Waals surface area (Å²) in [6.45, 7) is 6.52. The van der Waals surface area contributed by atoms with Crippen LogP contribution in [0, 0.1) is 0 Å². The first-order valence-electron chi connectivity index (χ1n) is 10.4. The minimum atomic E-state index is -0.122. The maximum atomic E-state index is 12.5. The summed E-state index contributed by atoms with van der Waals surface area (Å²) in [5.74, 6) is 1.20. The number of rotatable bonds is 7. The van der Waals surface area contributed by atoms with E-state index in [0.29, 0.717) is 17.1 Å².